The summed E-state index contributed by atoms with van der Waals surface area (Å²) in [5.74, 6) is -1.23. The summed E-state index contributed by atoms with van der Waals surface area (Å²) in [5, 5.41) is 16.8. The number of barbiturate groups is 1. The number of anilines is 2. The molecule has 0 bridgehead atoms. The molecule has 0 aliphatic carbocycles. The molecule has 2 heterocycles. The van der Waals surface area contributed by atoms with E-state index in [1.54, 1.807) is 12.1 Å². The second kappa shape index (κ2) is 9.81. The molecule has 0 spiro atoms. The maximum Gasteiger partial charge on any atom is 0.336 e. The van der Waals surface area contributed by atoms with Crippen LogP contribution in [0, 0.1) is 10.1 Å². The number of nitrogens with one attached hydrogen (secondary N) is 2. The number of nitro benzene ring substituents is 1. The first kappa shape index (κ1) is 23.7. The van der Waals surface area contributed by atoms with Crippen molar-refractivity contribution in [2.75, 3.05) is 50.2 Å². The lowest BCUT2D eigenvalue weighted by atomic mass is 10.0. The number of methoxy groups -OCH3 is 2. The van der Waals surface area contributed by atoms with Crippen LogP contribution in [0.2, 0.25) is 0 Å². The Morgan fingerprint density at radius 2 is 1.74 bits per heavy atom. The van der Waals surface area contributed by atoms with Gasteiger partial charge in [-0.25, -0.2) is 9.69 Å². The number of nitrogens with zero attached hydrogens (tertiary/aromatic N) is 3. The summed E-state index contributed by atoms with van der Waals surface area (Å²) in [6.45, 7) is 2.70. The van der Waals surface area contributed by atoms with Crippen molar-refractivity contribution in [3.8, 4) is 11.5 Å². The van der Waals surface area contributed by atoms with Crippen LogP contribution in [0.5, 0.6) is 11.5 Å². The molecule has 2 aromatic rings. The topological polar surface area (TPSA) is 143 Å². The summed E-state index contributed by atoms with van der Waals surface area (Å²) in [5.41, 5.74) is 0.474. The van der Waals surface area contributed by atoms with Crippen LogP contribution in [0.3, 0.4) is 0 Å². The second-order valence-corrected chi connectivity index (χ2v) is 7.73. The van der Waals surface area contributed by atoms with Gasteiger partial charge in [0.1, 0.15) is 17.1 Å². The maximum atomic E-state index is 13.4. The molecule has 182 valence electrons. The number of piperazine rings is 1. The van der Waals surface area contributed by atoms with Gasteiger partial charge in [0.25, 0.3) is 17.5 Å². The van der Waals surface area contributed by atoms with E-state index < -0.39 is 22.8 Å². The Morgan fingerprint density at radius 3 is 2.40 bits per heavy atom. The van der Waals surface area contributed by atoms with Crippen molar-refractivity contribution in [3.63, 3.8) is 0 Å². The quantitative estimate of drug-likeness (QED) is 0.273. The first-order valence-corrected chi connectivity index (χ1v) is 10.7. The van der Waals surface area contributed by atoms with E-state index in [0.29, 0.717) is 43.2 Å². The van der Waals surface area contributed by atoms with Crippen molar-refractivity contribution < 1.29 is 28.8 Å². The number of hydrogen-bond donors (Lipinski definition) is 2. The zero-order valence-electron chi connectivity index (χ0n) is 19.1. The summed E-state index contributed by atoms with van der Waals surface area (Å²) in [6, 6.07) is 7.87. The van der Waals surface area contributed by atoms with E-state index in [4.69, 9.17) is 9.47 Å². The lowest BCUT2D eigenvalue weighted by molar-refractivity contribution is -0.384. The Morgan fingerprint density at radius 1 is 1.00 bits per heavy atom. The van der Waals surface area contributed by atoms with Gasteiger partial charge in [-0.05, 0) is 24.3 Å². The highest BCUT2D eigenvalue weighted by molar-refractivity contribution is 6.39. The average molecular weight is 481 g/mol. The lowest BCUT2D eigenvalue weighted by Crippen LogP contribution is -2.54. The van der Waals surface area contributed by atoms with Gasteiger partial charge in [0, 0.05) is 55.6 Å². The zero-order chi connectivity index (χ0) is 25.1. The van der Waals surface area contributed by atoms with E-state index >= 15 is 0 Å². The van der Waals surface area contributed by atoms with E-state index in [0.717, 1.165) is 4.90 Å². The van der Waals surface area contributed by atoms with Crippen LogP contribution in [0.25, 0.3) is 6.08 Å². The number of carbonyl (C=O) groups excluding carboxylic acids is 3. The van der Waals surface area contributed by atoms with Crippen molar-refractivity contribution in [1.82, 2.24) is 10.6 Å². The second-order valence-electron chi connectivity index (χ2n) is 7.73. The fraction of sp³-hybridized carbons (Fsp3) is 0.261. The molecule has 2 aliphatic rings. The Bertz CT molecular complexity index is 1240. The third-order valence-electron chi connectivity index (χ3n) is 5.71. The predicted octanol–water partition coefficient (Wildman–Crippen LogP) is 1.69. The summed E-state index contributed by atoms with van der Waals surface area (Å²) < 4.78 is 10.5. The number of imide groups is 2. The molecule has 0 atom stereocenters. The highest BCUT2D eigenvalue weighted by Gasteiger charge is 2.38. The van der Waals surface area contributed by atoms with Gasteiger partial charge in [-0.2, -0.15) is 0 Å². The van der Waals surface area contributed by atoms with Crippen LogP contribution in [-0.2, 0) is 9.59 Å². The molecule has 0 unspecified atom stereocenters. The lowest BCUT2D eigenvalue weighted by Gasteiger charge is -2.31. The van der Waals surface area contributed by atoms with E-state index in [1.165, 1.54) is 44.6 Å². The fourth-order valence-corrected chi connectivity index (χ4v) is 3.97. The molecule has 12 heteroatoms. The maximum absolute atomic E-state index is 13.4. The molecular formula is C23H23N5O7. The monoisotopic (exact) mass is 481 g/mol. The molecule has 12 nitrogen and oxygen atoms in total. The number of nitro groups is 1. The standard InChI is InChI=1S/C23H23N5O7/c1-34-16-4-6-20(35-2)19(13-16)27-22(30)17(21(29)25-23(27)31)12-14-11-15(28(32)33)3-5-18(14)26-9-7-24-8-10-26/h3-6,11-13,24H,7-10H2,1-2H3,(H,25,29,31)/b17-12-. The predicted molar refractivity (Wildman–Crippen MR) is 127 cm³/mol. The minimum atomic E-state index is -0.954. The van der Waals surface area contributed by atoms with E-state index in [-0.39, 0.29) is 22.7 Å². The molecule has 0 aromatic heterocycles. The number of benzene rings is 2. The molecule has 2 saturated heterocycles. The van der Waals surface area contributed by atoms with E-state index in [9.17, 15) is 24.5 Å². The number of ether oxygens (including phenoxy) is 2. The van der Waals surface area contributed by atoms with Gasteiger partial charge in [0.2, 0.25) is 0 Å². The van der Waals surface area contributed by atoms with Crippen molar-refractivity contribution in [2.45, 2.75) is 0 Å². The van der Waals surface area contributed by atoms with Gasteiger partial charge in [-0.15, -0.1) is 0 Å². The number of rotatable bonds is 6. The molecule has 2 aromatic carbocycles. The largest absolute Gasteiger partial charge is 0.497 e. The van der Waals surface area contributed by atoms with Gasteiger partial charge in [-0.3, -0.25) is 25.0 Å². The molecular weight excluding hydrogens is 458 g/mol. The van der Waals surface area contributed by atoms with Crippen LogP contribution in [0.1, 0.15) is 5.56 Å². The van der Waals surface area contributed by atoms with Crippen LogP contribution >= 0.6 is 0 Å². The highest BCUT2D eigenvalue weighted by Crippen LogP contribution is 2.35. The molecule has 4 rings (SSSR count). The smallest absolute Gasteiger partial charge is 0.336 e. The van der Waals surface area contributed by atoms with Gasteiger partial charge in [0.15, 0.2) is 0 Å². The third-order valence-corrected chi connectivity index (χ3v) is 5.71. The molecule has 0 radical (unpaired) electrons. The van der Waals surface area contributed by atoms with Crippen molar-refractivity contribution >= 4 is 41.0 Å². The van der Waals surface area contributed by atoms with Gasteiger partial charge in [-0.1, -0.05) is 0 Å². The Hall–Kier alpha value is -4.45. The van der Waals surface area contributed by atoms with Crippen LogP contribution in [0.4, 0.5) is 21.9 Å². The number of non-ortho nitro benzene ring substituents is 1. The van der Waals surface area contributed by atoms with Crippen LogP contribution in [-0.4, -0.2) is 63.2 Å². The van der Waals surface area contributed by atoms with Gasteiger partial charge in [0.05, 0.1) is 24.8 Å². The summed E-state index contributed by atoms with van der Waals surface area (Å²) in [7, 11) is 2.81. The average Bonchev–Trinajstić information content (AvgIpc) is 2.86. The van der Waals surface area contributed by atoms with Gasteiger partial charge >= 0.3 is 6.03 Å². The number of amides is 4. The summed E-state index contributed by atoms with van der Waals surface area (Å²) in [4.78, 5) is 52.5. The normalized spacial score (nSPS) is 17.4. The molecule has 2 fully saturated rings. The fourth-order valence-electron chi connectivity index (χ4n) is 3.97. The van der Waals surface area contributed by atoms with Crippen molar-refractivity contribution in [2.24, 2.45) is 0 Å². The number of hydrogen-bond acceptors (Lipinski definition) is 9. The Kier molecular flexibility index (Phi) is 6.64. The zero-order valence-corrected chi connectivity index (χ0v) is 19.1. The van der Waals surface area contributed by atoms with E-state index in [1.807, 2.05) is 4.90 Å². The molecule has 4 amide bonds. The number of carbonyl (C=O) groups is 3. The van der Waals surface area contributed by atoms with E-state index in [2.05, 4.69) is 10.6 Å². The number of urea groups is 1. The molecule has 2 aliphatic heterocycles. The Labute approximate surface area is 200 Å². The Balaban J connectivity index is 1.82. The minimum absolute atomic E-state index is 0.0779. The highest BCUT2D eigenvalue weighted by atomic mass is 16.6. The van der Waals surface area contributed by atoms with Crippen LogP contribution < -0.4 is 29.9 Å². The first-order chi connectivity index (χ1) is 16.8. The van der Waals surface area contributed by atoms with Gasteiger partial charge < -0.3 is 19.7 Å². The molecule has 2 N–H and O–H groups in total. The van der Waals surface area contributed by atoms with Crippen LogP contribution in [0.15, 0.2) is 42.0 Å². The minimum Gasteiger partial charge on any atom is -0.497 e. The third kappa shape index (κ3) is 4.64. The molecule has 0 saturated carbocycles. The molecule has 35 heavy (non-hydrogen) atoms. The first-order valence-electron chi connectivity index (χ1n) is 10.7. The summed E-state index contributed by atoms with van der Waals surface area (Å²) >= 11 is 0. The SMILES string of the molecule is COc1ccc(OC)c(N2C(=O)NC(=O)/C(=C/c3cc([N+](=O)[O-])ccc3N3CCNCC3)C2=O)c1. The van der Waals surface area contributed by atoms with Crippen molar-refractivity contribution in [1.29, 1.82) is 0 Å². The van der Waals surface area contributed by atoms with Crippen molar-refractivity contribution in [3.05, 3.63) is 57.6 Å². The summed E-state index contributed by atoms with van der Waals surface area (Å²) in [6.07, 6.45) is 1.27.